The van der Waals surface area contributed by atoms with Gasteiger partial charge in [-0.1, -0.05) is 162 Å². The highest BCUT2D eigenvalue weighted by Gasteiger charge is 2.16. The summed E-state index contributed by atoms with van der Waals surface area (Å²) in [5.74, 6) is 1.62. The molecular formula is C36H71N2+. The van der Waals surface area contributed by atoms with Gasteiger partial charge >= 0.3 is 0 Å². The quantitative estimate of drug-likeness (QED) is 0.0689. The van der Waals surface area contributed by atoms with Crippen LogP contribution < -0.4 is 4.57 Å². The molecule has 0 N–H and O–H groups in total. The Hall–Kier alpha value is -0.790. The largest absolute Gasteiger partial charge is 0.256 e. The smallest absolute Gasteiger partial charge is 0.234 e. The fourth-order valence-corrected chi connectivity index (χ4v) is 5.97. The van der Waals surface area contributed by atoms with E-state index in [4.69, 9.17) is 0 Å². The van der Waals surface area contributed by atoms with E-state index in [-0.39, 0.29) is 0 Å². The standard InChI is InChI=1S/C36H71N2/c1-4-7-10-13-16-19-21-24-27-30-33-38-35-34-37(32-29-26-23-20-17-14-11-8-5-2)36(38)31-28-25-22-18-15-12-9-6-3/h34-35H,4-33H2,1-3H3/q+1. The molecule has 0 aliphatic heterocycles. The van der Waals surface area contributed by atoms with E-state index in [1.165, 1.54) is 193 Å². The zero-order chi connectivity index (χ0) is 27.4. The number of hydrogen-bond donors (Lipinski definition) is 0. The molecule has 0 saturated heterocycles. The van der Waals surface area contributed by atoms with Crippen molar-refractivity contribution in [3.05, 3.63) is 18.2 Å². The van der Waals surface area contributed by atoms with E-state index in [1.807, 2.05) is 0 Å². The predicted molar refractivity (Wildman–Crippen MR) is 170 cm³/mol. The molecule has 0 aliphatic rings. The number of aryl methyl sites for hydroxylation is 2. The average Bonchev–Trinajstić information content (AvgIpc) is 3.31. The molecule has 2 nitrogen and oxygen atoms in total. The number of aromatic nitrogens is 2. The van der Waals surface area contributed by atoms with Gasteiger partial charge in [0.1, 0.15) is 12.4 Å². The first-order valence-corrected chi connectivity index (χ1v) is 17.9. The first-order chi connectivity index (χ1) is 18.8. The van der Waals surface area contributed by atoms with Crippen molar-refractivity contribution in [3.63, 3.8) is 0 Å². The summed E-state index contributed by atoms with van der Waals surface area (Å²) in [6, 6.07) is 0. The zero-order valence-corrected chi connectivity index (χ0v) is 26.8. The lowest BCUT2D eigenvalue weighted by Gasteiger charge is -2.07. The molecule has 0 aromatic carbocycles. The van der Waals surface area contributed by atoms with Crippen LogP contribution in [0.25, 0.3) is 0 Å². The van der Waals surface area contributed by atoms with Gasteiger partial charge in [-0.3, -0.25) is 0 Å². The van der Waals surface area contributed by atoms with E-state index >= 15 is 0 Å². The lowest BCUT2D eigenvalue weighted by Crippen LogP contribution is -2.37. The second kappa shape index (κ2) is 27.8. The van der Waals surface area contributed by atoms with Crippen LogP contribution in [0.4, 0.5) is 0 Å². The Morgan fingerprint density at radius 1 is 0.447 bits per heavy atom. The fourth-order valence-electron chi connectivity index (χ4n) is 5.97. The van der Waals surface area contributed by atoms with Crippen molar-refractivity contribution in [2.75, 3.05) is 0 Å². The van der Waals surface area contributed by atoms with Crippen LogP contribution in [0.1, 0.15) is 200 Å². The van der Waals surface area contributed by atoms with Gasteiger partial charge in [-0.25, -0.2) is 9.13 Å². The molecule has 224 valence electrons. The van der Waals surface area contributed by atoms with E-state index in [0.29, 0.717) is 0 Å². The van der Waals surface area contributed by atoms with Gasteiger partial charge in [0.2, 0.25) is 0 Å². The molecule has 0 unspecified atom stereocenters. The average molecular weight is 532 g/mol. The van der Waals surface area contributed by atoms with Crippen LogP contribution in [-0.2, 0) is 19.5 Å². The van der Waals surface area contributed by atoms with Gasteiger partial charge in [0, 0.05) is 6.42 Å². The van der Waals surface area contributed by atoms with Crippen molar-refractivity contribution in [1.29, 1.82) is 0 Å². The minimum atomic E-state index is 1.23. The summed E-state index contributed by atoms with van der Waals surface area (Å²) >= 11 is 0. The first-order valence-electron chi connectivity index (χ1n) is 17.9. The number of nitrogens with zero attached hydrogens (tertiary/aromatic N) is 2. The molecule has 0 bridgehead atoms. The van der Waals surface area contributed by atoms with Crippen molar-refractivity contribution in [2.45, 2.75) is 214 Å². The molecule has 0 amide bonds. The van der Waals surface area contributed by atoms with Crippen LogP contribution in [-0.4, -0.2) is 4.57 Å². The summed E-state index contributed by atoms with van der Waals surface area (Å²) in [7, 11) is 0. The molecule has 0 fully saturated rings. The van der Waals surface area contributed by atoms with Crippen LogP contribution in [0.15, 0.2) is 12.4 Å². The maximum absolute atomic E-state index is 2.62. The SMILES string of the molecule is CCCCCCCCCCCC[n+]1ccn(CCCCCCCCCCC)c1CCCCCCCCCC. The molecule has 1 heterocycles. The Labute approximate surface area is 240 Å². The summed E-state index contributed by atoms with van der Waals surface area (Å²) < 4.78 is 5.25. The molecule has 0 aliphatic carbocycles. The van der Waals surface area contributed by atoms with E-state index in [1.54, 1.807) is 5.82 Å². The Morgan fingerprint density at radius 2 is 0.816 bits per heavy atom. The van der Waals surface area contributed by atoms with E-state index in [0.717, 1.165) is 0 Å². The third-order valence-corrected chi connectivity index (χ3v) is 8.60. The number of hydrogen-bond acceptors (Lipinski definition) is 0. The van der Waals surface area contributed by atoms with Crippen LogP contribution in [0.5, 0.6) is 0 Å². The van der Waals surface area contributed by atoms with Crippen LogP contribution in [0.3, 0.4) is 0 Å². The highest BCUT2D eigenvalue weighted by atomic mass is 15.1. The van der Waals surface area contributed by atoms with Gasteiger partial charge in [0.15, 0.2) is 0 Å². The molecule has 2 heteroatoms. The lowest BCUT2D eigenvalue weighted by atomic mass is 10.1. The summed E-state index contributed by atoms with van der Waals surface area (Å²) in [6.07, 6.45) is 44.4. The van der Waals surface area contributed by atoms with Crippen molar-refractivity contribution >= 4 is 0 Å². The summed E-state index contributed by atoms with van der Waals surface area (Å²) in [5, 5.41) is 0. The molecule has 1 rings (SSSR count). The van der Waals surface area contributed by atoms with Crippen molar-refractivity contribution in [2.24, 2.45) is 0 Å². The maximum atomic E-state index is 2.62. The number of imidazole rings is 1. The van der Waals surface area contributed by atoms with E-state index in [9.17, 15) is 0 Å². The second-order valence-electron chi connectivity index (χ2n) is 12.3. The molecule has 1 aromatic heterocycles. The van der Waals surface area contributed by atoms with Crippen LogP contribution in [0, 0.1) is 0 Å². The van der Waals surface area contributed by atoms with E-state index in [2.05, 4.69) is 42.3 Å². The molecule has 38 heavy (non-hydrogen) atoms. The summed E-state index contributed by atoms with van der Waals surface area (Å²) in [6.45, 7) is 9.39. The molecule has 0 saturated carbocycles. The molecule has 1 aromatic rings. The third kappa shape index (κ3) is 20.2. The molecule has 0 spiro atoms. The maximum Gasteiger partial charge on any atom is 0.256 e. The Balaban J connectivity index is 2.34. The van der Waals surface area contributed by atoms with Gasteiger partial charge in [0.05, 0.1) is 13.1 Å². The van der Waals surface area contributed by atoms with Gasteiger partial charge in [0.25, 0.3) is 5.82 Å². The van der Waals surface area contributed by atoms with Crippen LogP contribution >= 0.6 is 0 Å². The minimum absolute atomic E-state index is 1.23. The lowest BCUT2D eigenvalue weighted by molar-refractivity contribution is -0.704. The minimum Gasteiger partial charge on any atom is -0.234 e. The molecule has 0 atom stereocenters. The molecular weight excluding hydrogens is 460 g/mol. The Kier molecular flexibility index (Phi) is 25.7. The van der Waals surface area contributed by atoms with Gasteiger partial charge in [-0.05, 0) is 32.1 Å². The van der Waals surface area contributed by atoms with Gasteiger partial charge < -0.3 is 0 Å². The second-order valence-corrected chi connectivity index (χ2v) is 12.3. The van der Waals surface area contributed by atoms with Crippen molar-refractivity contribution in [3.8, 4) is 0 Å². The Bertz CT molecular complexity index is 590. The van der Waals surface area contributed by atoms with Crippen molar-refractivity contribution < 1.29 is 4.57 Å². The van der Waals surface area contributed by atoms with E-state index < -0.39 is 0 Å². The van der Waals surface area contributed by atoms with Gasteiger partial charge in [-0.2, -0.15) is 0 Å². The number of rotatable bonds is 30. The zero-order valence-electron chi connectivity index (χ0n) is 26.8. The van der Waals surface area contributed by atoms with Gasteiger partial charge in [-0.15, -0.1) is 0 Å². The number of unbranched alkanes of at least 4 members (excludes halogenated alkanes) is 24. The Morgan fingerprint density at radius 3 is 1.26 bits per heavy atom. The fraction of sp³-hybridized carbons (Fsp3) is 0.917. The summed E-state index contributed by atoms with van der Waals surface area (Å²) in [5.41, 5.74) is 0. The highest BCUT2D eigenvalue weighted by molar-refractivity contribution is 4.84. The highest BCUT2D eigenvalue weighted by Crippen LogP contribution is 2.14. The summed E-state index contributed by atoms with van der Waals surface area (Å²) in [4.78, 5) is 0. The predicted octanol–water partition coefficient (Wildman–Crippen LogP) is 11.9. The first kappa shape index (κ1) is 35.2. The monoisotopic (exact) mass is 532 g/mol. The topological polar surface area (TPSA) is 8.81 Å². The van der Waals surface area contributed by atoms with Crippen LogP contribution in [0.2, 0.25) is 0 Å². The van der Waals surface area contributed by atoms with Crippen molar-refractivity contribution in [1.82, 2.24) is 4.57 Å². The third-order valence-electron chi connectivity index (χ3n) is 8.60. The molecule has 0 radical (unpaired) electrons. The normalized spacial score (nSPS) is 11.6.